The Bertz CT molecular complexity index is 556. The van der Waals surface area contributed by atoms with Crippen LogP contribution >= 0.6 is 0 Å². The van der Waals surface area contributed by atoms with Crippen LogP contribution in [0.4, 0.5) is 0 Å². The molecule has 1 aromatic rings. The van der Waals surface area contributed by atoms with Crippen molar-refractivity contribution in [3.8, 4) is 17.6 Å². The number of hydrogen-bond donors (Lipinski definition) is 0. The number of benzene rings is 1. The number of nitrogens with zero attached hydrogens (tertiary/aromatic N) is 3. The van der Waals surface area contributed by atoms with Crippen molar-refractivity contribution in [2.45, 2.75) is 32.4 Å². The maximum absolute atomic E-state index is 9.77. The van der Waals surface area contributed by atoms with Crippen molar-refractivity contribution in [3.05, 3.63) is 23.8 Å². The highest BCUT2D eigenvalue weighted by Crippen LogP contribution is 2.33. The summed E-state index contributed by atoms with van der Waals surface area (Å²) in [6, 6.07) is 8.36. The molecule has 2 unspecified atom stereocenters. The van der Waals surface area contributed by atoms with Crippen LogP contribution in [0.25, 0.3) is 0 Å². The lowest BCUT2D eigenvalue weighted by Gasteiger charge is -2.42. The second-order valence-electron chi connectivity index (χ2n) is 5.83. The lowest BCUT2D eigenvalue weighted by Crippen LogP contribution is -2.53. The van der Waals surface area contributed by atoms with Gasteiger partial charge in [-0.05, 0) is 25.1 Å². The highest BCUT2D eigenvalue weighted by atomic mass is 16.5. The average Bonchev–Trinajstić information content (AvgIpc) is 2.62. The van der Waals surface area contributed by atoms with Gasteiger partial charge in [0.05, 0.1) is 20.3 Å². The molecule has 0 amide bonds. The largest absolute Gasteiger partial charge is 0.497 e. The van der Waals surface area contributed by atoms with Gasteiger partial charge in [0, 0.05) is 37.3 Å². The van der Waals surface area contributed by atoms with Crippen molar-refractivity contribution in [2.24, 2.45) is 0 Å². The average molecular weight is 317 g/mol. The van der Waals surface area contributed by atoms with E-state index in [1.54, 1.807) is 14.2 Å². The molecule has 1 heterocycles. The van der Waals surface area contributed by atoms with Crippen molar-refractivity contribution >= 4 is 0 Å². The molecule has 1 aliphatic rings. The summed E-state index contributed by atoms with van der Waals surface area (Å²) in [5.41, 5.74) is 0.913. The highest BCUT2D eigenvalue weighted by molar-refractivity contribution is 5.44. The predicted octanol–water partition coefficient (Wildman–Crippen LogP) is 2.68. The number of piperazine rings is 1. The normalized spacial score (nSPS) is 20.7. The minimum Gasteiger partial charge on any atom is -0.497 e. The standard InChI is InChI=1S/C18H27N3O2/c1-5-14-13-21(10-9-20(14)6-2)17(12-19)16-8-7-15(22-3)11-18(16)23-4/h7-8,11,14,17H,5-6,9-10,13H2,1-4H3. The Morgan fingerprint density at radius 2 is 2.04 bits per heavy atom. The van der Waals surface area contributed by atoms with Crippen LogP contribution in [0.2, 0.25) is 0 Å². The van der Waals surface area contributed by atoms with Crippen LogP contribution in [0.5, 0.6) is 11.5 Å². The van der Waals surface area contributed by atoms with Gasteiger partial charge < -0.3 is 9.47 Å². The fraction of sp³-hybridized carbons (Fsp3) is 0.611. The number of nitriles is 1. The molecule has 1 aliphatic heterocycles. The van der Waals surface area contributed by atoms with Gasteiger partial charge in [-0.25, -0.2) is 0 Å². The molecule has 5 heteroatoms. The smallest absolute Gasteiger partial charge is 0.128 e. The third kappa shape index (κ3) is 3.77. The lowest BCUT2D eigenvalue weighted by atomic mass is 10.0. The molecular weight excluding hydrogens is 290 g/mol. The molecular formula is C18H27N3O2. The number of likely N-dealkylation sites (N-methyl/N-ethyl adjacent to an activating group) is 1. The van der Waals surface area contributed by atoms with Gasteiger partial charge in [0.15, 0.2) is 0 Å². The third-order valence-electron chi connectivity index (χ3n) is 4.74. The highest BCUT2D eigenvalue weighted by Gasteiger charge is 2.31. The summed E-state index contributed by atoms with van der Waals surface area (Å²) in [7, 11) is 3.27. The van der Waals surface area contributed by atoms with Crippen LogP contribution in [0, 0.1) is 11.3 Å². The first kappa shape index (κ1) is 17.6. The van der Waals surface area contributed by atoms with Gasteiger partial charge in [-0.15, -0.1) is 0 Å². The summed E-state index contributed by atoms with van der Waals surface area (Å²) >= 11 is 0. The van der Waals surface area contributed by atoms with E-state index in [0.717, 1.165) is 43.9 Å². The molecule has 0 saturated carbocycles. The van der Waals surface area contributed by atoms with E-state index in [9.17, 15) is 5.26 Å². The molecule has 1 aromatic carbocycles. The molecule has 0 aliphatic carbocycles. The molecule has 2 atom stereocenters. The zero-order chi connectivity index (χ0) is 16.8. The molecule has 0 aromatic heterocycles. The molecule has 0 N–H and O–H groups in total. The summed E-state index contributed by atoms with van der Waals surface area (Å²) in [5.74, 6) is 1.45. The lowest BCUT2D eigenvalue weighted by molar-refractivity contribution is 0.0618. The zero-order valence-electron chi connectivity index (χ0n) is 14.6. The monoisotopic (exact) mass is 317 g/mol. The van der Waals surface area contributed by atoms with E-state index >= 15 is 0 Å². The topological polar surface area (TPSA) is 48.7 Å². The molecule has 0 bridgehead atoms. The fourth-order valence-corrected chi connectivity index (χ4v) is 3.35. The van der Waals surface area contributed by atoms with E-state index in [1.807, 2.05) is 18.2 Å². The van der Waals surface area contributed by atoms with Crippen LogP contribution in [0.1, 0.15) is 31.9 Å². The van der Waals surface area contributed by atoms with E-state index < -0.39 is 0 Å². The van der Waals surface area contributed by atoms with Crippen molar-refractivity contribution in [3.63, 3.8) is 0 Å². The minimum absolute atomic E-state index is 0.288. The molecule has 0 radical (unpaired) electrons. The number of methoxy groups -OCH3 is 2. The first-order valence-corrected chi connectivity index (χ1v) is 8.28. The van der Waals surface area contributed by atoms with Crippen LogP contribution in [0.3, 0.4) is 0 Å². The first-order chi connectivity index (χ1) is 11.2. The number of rotatable bonds is 6. The van der Waals surface area contributed by atoms with Gasteiger partial charge in [-0.2, -0.15) is 5.26 Å². The van der Waals surface area contributed by atoms with Crippen molar-refractivity contribution in [1.82, 2.24) is 9.80 Å². The Morgan fingerprint density at radius 3 is 2.61 bits per heavy atom. The maximum Gasteiger partial charge on any atom is 0.128 e. The minimum atomic E-state index is -0.288. The van der Waals surface area contributed by atoms with Crippen LogP contribution in [-0.4, -0.2) is 56.2 Å². The van der Waals surface area contributed by atoms with Crippen molar-refractivity contribution < 1.29 is 9.47 Å². The summed E-state index contributed by atoms with van der Waals surface area (Å²) in [4.78, 5) is 4.76. The van der Waals surface area contributed by atoms with Gasteiger partial charge in [0.1, 0.15) is 17.5 Å². The van der Waals surface area contributed by atoms with Gasteiger partial charge >= 0.3 is 0 Å². The Morgan fingerprint density at radius 1 is 1.26 bits per heavy atom. The van der Waals surface area contributed by atoms with Crippen LogP contribution in [-0.2, 0) is 0 Å². The van der Waals surface area contributed by atoms with E-state index in [1.165, 1.54) is 0 Å². The summed E-state index contributed by atoms with van der Waals surface area (Å²) in [6.45, 7) is 8.30. The second-order valence-corrected chi connectivity index (χ2v) is 5.83. The quantitative estimate of drug-likeness (QED) is 0.807. The molecule has 5 nitrogen and oxygen atoms in total. The van der Waals surface area contributed by atoms with Crippen LogP contribution in [0.15, 0.2) is 18.2 Å². The molecule has 0 spiro atoms. The fourth-order valence-electron chi connectivity index (χ4n) is 3.35. The van der Waals surface area contributed by atoms with Gasteiger partial charge in [-0.1, -0.05) is 13.8 Å². The van der Waals surface area contributed by atoms with Gasteiger partial charge in [-0.3, -0.25) is 9.80 Å². The third-order valence-corrected chi connectivity index (χ3v) is 4.74. The number of ether oxygens (including phenoxy) is 2. The Labute approximate surface area is 139 Å². The molecule has 23 heavy (non-hydrogen) atoms. The Balaban J connectivity index is 2.25. The van der Waals surface area contributed by atoms with Gasteiger partial charge in [0.2, 0.25) is 0 Å². The van der Waals surface area contributed by atoms with E-state index in [2.05, 4.69) is 29.7 Å². The maximum atomic E-state index is 9.77. The van der Waals surface area contributed by atoms with E-state index in [4.69, 9.17) is 9.47 Å². The summed E-state index contributed by atoms with van der Waals surface area (Å²) < 4.78 is 10.7. The Hall–Kier alpha value is -1.77. The number of hydrogen-bond acceptors (Lipinski definition) is 5. The first-order valence-electron chi connectivity index (χ1n) is 8.28. The van der Waals surface area contributed by atoms with Crippen molar-refractivity contribution in [1.29, 1.82) is 5.26 Å². The van der Waals surface area contributed by atoms with Crippen molar-refractivity contribution in [2.75, 3.05) is 40.4 Å². The molecule has 1 saturated heterocycles. The van der Waals surface area contributed by atoms with Crippen LogP contribution < -0.4 is 9.47 Å². The molecule has 1 fully saturated rings. The Kier molecular flexibility index (Phi) is 6.26. The van der Waals surface area contributed by atoms with E-state index in [-0.39, 0.29) is 6.04 Å². The summed E-state index contributed by atoms with van der Waals surface area (Å²) in [5, 5.41) is 9.77. The summed E-state index contributed by atoms with van der Waals surface area (Å²) in [6.07, 6.45) is 1.10. The predicted molar refractivity (Wildman–Crippen MR) is 90.8 cm³/mol. The van der Waals surface area contributed by atoms with E-state index in [0.29, 0.717) is 11.8 Å². The molecule has 126 valence electrons. The molecule has 2 rings (SSSR count). The zero-order valence-corrected chi connectivity index (χ0v) is 14.6. The van der Waals surface area contributed by atoms with Gasteiger partial charge in [0.25, 0.3) is 0 Å². The SMILES string of the molecule is CCC1CN(C(C#N)c2ccc(OC)cc2OC)CCN1CC. The second kappa shape index (κ2) is 8.19.